The number of amides is 1. The molecule has 0 saturated carbocycles. The van der Waals surface area contributed by atoms with E-state index in [2.05, 4.69) is 43.2 Å². The Morgan fingerprint density at radius 1 is 1.20 bits per heavy atom. The number of fused-ring (bicyclic) bond motifs is 1. The predicted octanol–water partition coefficient (Wildman–Crippen LogP) is 5.28. The lowest BCUT2D eigenvalue weighted by atomic mass is 9.87. The Balaban J connectivity index is 1.98. The summed E-state index contributed by atoms with van der Waals surface area (Å²) in [6, 6.07) is 11.9. The molecule has 0 unspecified atom stereocenters. The standard InChI is InChI=1S/C20H21ClN2O2/c1-12-9-15(22-17(24)11-21)10-16-18(12)25-19(23-16)13-5-7-14(8-6-13)20(2,3)4/h5-10H,11H2,1-4H3,(H,22,24). The molecule has 0 fully saturated rings. The van der Waals surface area contributed by atoms with E-state index in [4.69, 9.17) is 16.0 Å². The molecule has 0 atom stereocenters. The van der Waals surface area contributed by atoms with Crippen molar-refractivity contribution in [2.75, 3.05) is 11.2 Å². The molecular formula is C20H21ClN2O2. The van der Waals surface area contributed by atoms with E-state index in [1.807, 2.05) is 25.1 Å². The number of aromatic nitrogens is 1. The topological polar surface area (TPSA) is 55.1 Å². The number of benzene rings is 2. The number of carbonyl (C=O) groups is 1. The molecule has 3 rings (SSSR count). The van der Waals surface area contributed by atoms with Crippen LogP contribution in [0.1, 0.15) is 31.9 Å². The van der Waals surface area contributed by atoms with Gasteiger partial charge in [-0.2, -0.15) is 0 Å². The van der Waals surface area contributed by atoms with E-state index in [-0.39, 0.29) is 17.2 Å². The van der Waals surface area contributed by atoms with Crippen molar-refractivity contribution in [1.82, 2.24) is 4.98 Å². The third kappa shape index (κ3) is 3.69. The average molecular weight is 357 g/mol. The summed E-state index contributed by atoms with van der Waals surface area (Å²) in [5.74, 6) is 0.239. The number of carbonyl (C=O) groups excluding carboxylic acids is 1. The van der Waals surface area contributed by atoms with Crippen LogP contribution < -0.4 is 5.32 Å². The van der Waals surface area contributed by atoms with Crippen molar-refractivity contribution in [1.29, 1.82) is 0 Å². The lowest BCUT2D eigenvalue weighted by molar-refractivity contribution is -0.113. The van der Waals surface area contributed by atoms with Crippen LogP contribution in [0.5, 0.6) is 0 Å². The number of alkyl halides is 1. The molecule has 0 aliphatic heterocycles. The molecule has 2 aromatic carbocycles. The van der Waals surface area contributed by atoms with Crippen LogP contribution in [0.4, 0.5) is 5.69 Å². The Hall–Kier alpha value is -2.33. The second-order valence-electron chi connectivity index (χ2n) is 7.17. The van der Waals surface area contributed by atoms with Gasteiger partial charge in [0.1, 0.15) is 11.4 Å². The first-order valence-corrected chi connectivity index (χ1v) is 8.69. The van der Waals surface area contributed by atoms with Gasteiger partial charge in [0.2, 0.25) is 11.8 Å². The number of anilines is 1. The number of halogens is 1. The molecule has 0 radical (unpaired) electrons. The third-order valence-electron chi connectivity index (χ3n) is 4.08. The summed E-state index contributed by atoms with van der Waals surface area (Å²) < 4.78 is 5.95. The van der Waals surface area contributed by atoms with Crippen LogP contribution in [0.15, 0.2) is 40.8 Å². The molecule has 0 bridgehead atoms. The highest BCUT2D eigenvalue weighted by molar-refractivity contribution is 6.29. The Bertz CT molecular complexity index is 921. The second kappa shape index (κ2) is 6.52. The Labute approximate surface area is 152 Å². The summed E-state index contributed by atoms with van der Waals surface area (Å²) in [4.78, 5) is 16.1. The first-order valence-electron chi connectivity index (χ1n) is 8.16. The van der Waals surface area contributed by atoms with Gasteiger partial charge in [-0.05, 0) is 47.7 Å². The van der Waals surface area contributed by atoms with E-state index in [1.165, 1.54) is 5.56 Å². The monoisotopic (exact) mass is 356 g/mol. The van der Waals surface area contributed by atoms with Gasteiger partial charge >= 0.3 is 0 Å². The minimum atomic E-state index is -0.248. The van der Waals surface area contributed by atoms with Crippen LogP contribution in [0, 0.1) is 6.92 Å². The third-order valence-corrected chi connectivity index (χ3v) is 4.32. The lowest BCUT2D eigenvalue weighted by Crippen LogP contribution is -2.12. The van der Waals surface area contributed by atoms with Gasteiger partial charge in [-0.1, -0.05) is 32.9 Å². The van der Waals surface area contributed by atoms with Gasteiger partial charge in [0.25, 0.3) is 0 Å². The molecule has 1 amide bonds. The molecule has 0 saturated heterocycles. The van der Waals surface area contributed by atoms with Crippen LogP contribution in [0.2, 0.25) is 0 Å². The first-order chi connectivity index (χ1) is 11.8. The molecule has 130 valence electrons. The Morgan fingerprint density at radius 2 is 1.88 bits per heavy atom. The first kappa shape index (κ1) is 17.5. The largest absolute Gasteiger partial charge is 0.436 e. The highest BCUT2D eigenvalue weighted by Gasteiger charge is 2.15. The number of rotatable bonds is 3. The van der Waals surface area contributed by atoms with Gasteiger partial charge in [-0.15, -0.1) is 11.6 Å². The molecule has 0 aliphatic carbocycles. The molecule has 3 aromatic rings. The molecule has 1 N–H and O–H groups in total. The average Bonchev–Trinajstić information content (AvgIpc) is 2.98. The van der Waals surface area contributed by atoms with Crippen molar-refractivity contribution >= 4 is 34.3 Å². The highest BCUT2D eigenvalue weighted by Crippen LogP contribution is 2.30. The van der Waals surface area contributed by atoms with Gasteiger partial charge in [-0.25, -0.2) is 4.98 Å². The molecule has 0 aliphatic rings. The zero-order chi connectivity index (χ0) is 18.2. The molecule has 25 heavy (non-hydrogen) atoms. The fourth-order valence-corrected chi connectivity index (χ4v) is 2.77. The number of oxazole rings is 1. The van der Waals surface area contributed by atoms with Gasteiger partial charge in [0.05, 0.1) is 0 Å². The number of nitrogens with zero attached hydrogens (tertiary/aromatic N) is 1. The Kier molecular flexibility index (Phi) is 4.56. The second-order valence-corrected chi connectivity index (χ2v) is 7.44. The summed E-state index contributed by atoms with van der Waals surface area (Å²) in [5, 5.41) is 2.75. The quantitative estimate of drug-likeness (QED) is 0.650. The van der Waals surface area contributed by atoms with Crippen molar-refractivity contribution in [2.45, 2.75) is 33.1 Å². The summed E-state index contributed by atoms with van der Waals surface area (Å²) in [6.45, 7) is 8.47. The maximum absolute atomic E-state index is 11.5. The Morgan fingerprint density at radius 3 is 2.48 bits per heavy atom. The van der Waals surface area contributed by atoms with Gasteiger partial charge in [0, 0.05) is 11.3 Å². The fourth-order valence-electron chi connectivity index (χ4n) is 2.70. The number of nitrogens with one attached hydrogen (secondary N) is 1. The minimum Gasteiger partial charge on any atom is -0.436 e. The molecule has 4 nitrogen and oxygen atoms in total. The van der Waals surface area contributed by atoms with E-state index >= 15 is 0 Å². The van der Waals surface area contributed by atoms with Crippen molar-refractivity contribution in [3.8, 4) is 11.5 Å². The van der Waals surface area contributed by atoms with Crippen LogP contribution in [0.25, 0.3) is 22.6 Å². The predicted molar refractivity (Wildman–Crippen MR) is 102 cm³/mol. The molecular weight excluding hydrogens is 336 g/mol. The van der Waals surface area contributed by atoms with Crippen molar-refractivity contribution in [3.05, 3.63) is 47.5 Å². The van der Waals surface area contributed by atoms with E-state index in [0.717, 1.165) is 16.7 Å². The number of hydrogen-bond acceptors (Lipinski definition) is 3. The summed E-state index contributed by atoms with van der Waals surface area (Å²) in [5.41, 5.74) is 5.29. The molecule has 1 heterocycles. The van der Waals surface area contributed by atoms with Crippen LogP contribution >= 0.6 is 11.6 Å². The molecule has 0 spiro atoms. The van der Waals surface area contributed by atoms with Crippen molar-refractivity contribution in [3.63, 3.8) is 0 Å². The SMILES string of the molecule is Cc1cc(NC(=O)CCl)cc2nc(-c3ccc(C(C)(C)C)cc3)oc12. The van der Waals surface area contributed by atoms with E-state index in [0.29, 0.717) is 17.1 Å². The van der Waals surface area contributed by atoms with Gasteiger partial charge in [0.15, 0.2) is 5.58 Å². The van der Waals surface area contributed by atoms with Crippen LogP contribution in [-0.2, 0) is 10.2 Å². The smallest absolute Gasteiger partial charge is 0.239 e. The molecule has 1 aromatic heterocycles. The summed E-state index contributed by atoms with van der Waals surface area (Å²) >= 11 is 5.54. The van der Waals surface area contributed by atoms with E-state index in [1.54, 1.807) is 6.07 Å². The zero-order valence-electron chi connectivity index (χ0n) is 14.8. The fraction of sp³-hybridized carbons (Fsp3) is 0.300. The number of hydrogen-bond donors (Lipinski definition) is 1. The minimum absolute atomic E-state index is 0.0821. The maximum Gasteiger partial charge on any atom is 0.239 e. The zero-order valence-corrected chi connectivity index (χ0v) is 15.6. The van der Waals surface area contributed by atoms with Crippen molar-refractivity contribution < 1.29 is 9.21 Å². The highest BCUT2D eigenvalue weighted by atomic mass is 35.5. The summed E-state index contributed by atoms with van der Waals surface area (Å²) in [7, 11) is 0. The van der Waals surface area contributed by atoms with Gasteiger partial charge in [-0.3, -0.25) is 4.79 Å². The number of aryl methyl sites for hydroxylation is 1. The summed E-state index contributed by atoms with van der Waals surface area (Å²) in [6.07, 6.45) is 0. The van der Waals surface area contributed by atoms with Crippen LogP contribution in [-0.4, -0.2) is 16.8 Å². The van der Waals surface area contributed by atoms with E-state index < -0.39 is 0 Å². The maximum atomic E-state index is 11.5. The van der Waals surface area contributed by atoms with Crippen LogP contribution in [0.3, 0.4) is 0 Å². The normalized spacial score (nSPS) is 11.7. The van der Waals surface area contributed by atoms with Gasteiger partial charge < -0.3 is 9.73 Å². The van der Waals surface area contributed by atoms with E-state index in [9.17, 15) is 4.79 Å². The molecule has 5 heteroatoms. The van der Waals surface area contributed by atoms with Crippen molar-refractivity contribution in [2.24, 2.45) is 0 Å². The lowest BCUT2D eigenvalue weighted by Gasteiger charge is -2.18.